The minimum absolute atomic E-state index is 0.305. The molecule has 3 nitrogen and oxygen atoms in total. The zero-order valence-corrected chi connectivity index (χ0v) is 17.1. The Morgan fingerprint density at radius 1 is 0.923 bits per heavy atom. The second-order valence-electron chi connectivity index (χ2n) is 7.63. The summed E-state index contributed by atoms with van der Waals surface area (Å²) in [7, 11) is -1.05. The fraction of sp³-hybridized carbons (Fsp3) is 0.409. The molecule has 0 atom stereocenters. The van der Waals surface area contributed by atoms with Crippen LogP contribution in [0.3, 0.4) is 0 Å². The van der Waals surface area contributed by atoms with Crippen LogP contribution in [0.2, 0.25) is 25.2 Å². The van der Waals surface area contributed by atoms with Crippen molar-refractivity contribution >= 4 is 14.0 Å². The van der Waals surface area contributed by atoms with E-state index in [4.69, 9.17) is 9.84 Å². The number of ether oxygens (including phenoxy) is 1. The number of carboxylic acid groups (broad SMARTS) is 1. The van der Waals surface area contributed by atoms with Gasteiger partial charge in [0, 0.05) is 8.07 Å². The van der Waals surface area contributed by atoms with Gasteiger partial charge >= 0.3 is 5.97 Å². The zero-order chi connectivity index (χ0) is 19.0. The van der Waals surface area contributed by atoms with Crippen LogP contribution >= 0.6 is 0 Å². The molecule has 0 aliphatic rings. The first kappa shape index (κ1) is 20.2. The minimum Gasteiger partial charge on any atom is -0.494 e. The Kier molecular flexibility index (Phi) is 7.46. The summed E-state index contributed by atoms with van der Waals surface area (Å²) in [5.74, 6) is -0.00910. The Balaban J connectivity index is 1.83. The lowest BCUT2D eigenvalue weighted by Gasteiger charge is -2.22. The van der Waals surface area contributed by atoms with E-state index >= 15 is 0 Å². The monoisotopic (exact) mass is 370 g/mol. The summed E-state index contributed by atoms with van der Waals surface area (Å²) in [5.41, 5.74) is 2.37. The van der Waals surface area contributed by atoms with Crippen LogP contribution in [-0.4, -0.2) is 25.8 Å². The normalized spacial score (nSPS) is 11.3. The highest BCUT2D eigenvalue weighted by molar-refractivity contribution is 6.77. The van der Waals surface area contributed by atoms with E-state index in [0.29, 0.717) is 5.56 Å². The summed E-state index contributed by atoms with van der Waals surface area (Å²) >= 11 is 0. The van der Waals surface area contributed by atoms with Crippen molar-refractivity contribution in [2.75, 3.05) is 6.61 Å². The molecule has 26 heavy (non-hydrogen) atoms. The van der Waals surface area contributed by atoms with Crippen LogP contribution in [-0.2, 0) is 0 Å². The van der Waals surface area contributed by atoms with E-state index in [1.165, 1.54) is 24.9 Å². The highest BCUT2D eigenvalue weighted by atomic mass is 28.3. The van der Waals surface area contributed by atoms with Crippen LogP contribution in [0.1, 0.15) is 36.5 Å². The maximum atomic E-state index is 10.9. The van der Waals surface area contributed by atoms with E-state index in [1.807, 2.05) is 36.4 Å². The van der Waals surface area contributed by atoms with Gasteiger partial charge in [0.15, 0.2) is 0 Å². The van der Waals surface area contributed by atoms with E-state index < -0.39 is 14.0 Å². The maximum Gasteiger partial charge on any atom is 0.335 e. The van der Waals surface area contributed by atoms with Crippen molar-refractivity contribution in [1.29, 1.82) is 0 Å². The molecular formula is C22H30O3Si. The molecule has 2 rings (SSSR count). The molecule has 2 aromatic rings. The van der Waals surface area contributed by atoms with Crippen LogP contribution in [0.25, 0.3) is 11.1 Å². The quantitative estimate of drug-likeness (QED) is 0.393. The van der Waals surface area contributed by atoms with Gasteiger partial charge in [-0.2, -0.15) is 0 Å². The molecule has 0 amide bonds. The molecule has 0 saturated heterocycles. The van der Waals surface area contributed by atoms with Crippen molar-refractivity contribution in [3.05, 3.63) is 54.1 Å². The lowest BCUT2D eigenvalue weighted by Crippen LogP contribution is -2.25. The van der Waals surface area contributed by atoms with Crippen LogP contribution in [0.15, 0.2) is 48.5 Å². The molecule has 0 saturated carbocycles. The first-order chi connectivity index (χ1) is 12.4. The Morgan fingerprint density at radius 2 is 1.46 bits per heavy atom. The fourth-order valence-electron chi connectivity index (χ4n) is 3.07. The molecule has 4 heteroatoms. The molecule has 0 radical (unpaired) electrons. The Morgan fingerprint density at radius 3 is 2.00 bits per heavy atom. The standard InChI is InChI=1S/C22H30O3Si/c1-4-5-16-26(2,3)17-6-15-25-21-13-11-19(12-14-21)18-7-9-20(10-8-18)22(23)24/h7-14H,4-6,15-17H2,1-3H3,(H,23,24). The van der Waals surface area contributed by atoms with Gasteiger partial charge in [-0.3, -0.25) is 0 Å². The third kappa shape index (κ3) is 6.34. The van der Waals surface area contributed by atoms with Gasteiger partial charge in [0.05, 0.1) is 12.2 Å². The van der Waals surface area contributed by atoms with E-state index in [0.717, 1.165) is 29.9 Å². The van der Waals surface area contributed by atoms with Gasteiger partial charge in [-0.15, -0.1) is 0 Å². The van der Waals surface area contributed by atoms with Crippen LogP contribution in [0, 0.1) is 0 Å². The molecule has 1 N–H and O–H groups in total. The number of hydrogen-bond acceptors (Lipinski definition) is 2. The first-order valence-corrected chi connectivity index (χ1v) is 12.9. The number of carbonyl (C=O) groups is 1. The van der Waals surface area contributed by atoms with Crippen molar-refractivity contribution in [3.63, 3.8) is 0 Å². The average molecular weight is 371 g/mol. The van der Waals surface area contributed by atoms with Gasteiger partial charge in [-0.05, 0) is 41.8 Å². The molecule has 0 unspecified atom stereocenters. The van der Waals surface area contributed by atoms with Gasteiger partial charge in [-0.1, -0.05) is 69.2 Å². The summed E-state index contributed by atoms with van der Waals surface area (Å²) in [6.45, 7) is 7.99. The summed E-state index contributed by atoms with van der Waals surface area (Å²) < 4.78 is 5.89. The SMILES string of the molecule is CCCC[Si](C)(C)CCCOc1ccc(-c2ccc(C(=O)O)cc2)cc1. The number of unbranched alkanes of at least 4 members (excludes halogenated alkanes) is 1. The Labute approximate surface area is 158 Å². The topological polar surface area (TPSA) is 46.5 Å². The third-order valence-electron chi connectivity index (χ3n) is 4.79. The minimum atomic E-state index is -1.05. The number of hydrogen-bond donors (Lipinski definition) is 1. The lowest BCUT2D eigenvalue weighted by atomic mass is 10.0. The molecule has 0 bridgehead atoms. The second-order valence-corrected chi connectivity index (χ2v) is 13.0. The van der Waals surface area contributed by atoms with Gasteiger partial charge in [0.25, 0.3) is 0 Å². The maximum absolute atomic E-state index is 10.9. The molecular weight excluding hydrogens is 340 g/mol. The Hall–Kier alpha value is -2.07. The van der Waals surface area contributed by atoms with E-state index in [1.54, 1.807) is 12.1 Å². The first-order valence-electron chi connectivity index (χ1n) is 9.48. The van der Waals surface area contributed by atoms with Crippen molar-refractivity contribution in [3.8, 4) is 16.9 Å². The second kappa shape index (κ2) is 9.58. The summed E-state index contributed by atoms with van der Waals surface area (Å²) in [5, 5.41) is 8.96. The molecule has 2 aromatic carbocycles. The van der Waals surface area contributed by atoms with Gasteiger partial charge in [-0.25, -0.2) is 4.79 Å². The number of benzene rings is 2. The summed E-state index contributed by atoms with van der Waals surface area (Å²) in [6, 6.07) is 17.7. The van der Waals surface area contributed by atoms with E-state index in [9.17, 15) is 4.79 Å². The number of carboxylic acids is 1. The van der Waals surface area contributed by atoms with Crippen LogP contribution < -0.4 is 4.74 Å². The fourth-order valence-corrected chi connectivity index (χ4v) is 5.73. The number of aromatic carboxylic acids is 1. The van der Waals surface area contributed by atoms with Crippen LogP contribution in [0.4, 0.5) is 0 Å². The van der Waals surface area contributed by atoms with E-state index in [2.05, 4.69) is 20.0 Å². The van der Waals surface area contributed by atoms with Crippen LogP contribution in [0.5, 0.6) is 5.75 Å². The molecule has 0 spiro atoms. The summed E-state index contributed by atoms with van der Waals surface area (Å²) in [4.78, 5) is 10.9. The average Bonchev–Trinajstić information content (AvgIpc) is 2.64. The third-order valence-corrected chi connectivity index (χ3v) is 8.21. The Bertz CT molecular complexity index is 690. The molecule has 140 valence electrons. The highest BCUT2D eigenvalue weighted by Gasteiger charge is 2.18. The van der Waals surface area contributed by atoms with E-state index in [-0.39, 0.29) is 0 Å². The van der Waals surface area contributed by atoms with Crippen molar-refractivity contribution in [1.82, 2.24) is 0 Å². The molecule has 0 aromatic heterocycles. The highest BCUT2D eigenvalue weighted by Crippen LogP contribution is 2.24. The van der Waals surface area contributed by atoms with Crippen molar-refractivity contribution in [2.24, 2.45) is 0 Å². The molecule has 0 aliphatic carbocycles. The van der Waals surface area contributed by atoms with Crippen molar-refractivity contribution in [2.45, 2.75) is 51.4 Å². The molecule has 0 aliphatic heterocycles. The lowest BCUT2D eigenvalue weighted by molar-refractivity contribution is 0.0697. The van der Waals surface area contributed by atoms with Gasteiger partial charge < -0.3 is 9.84 Å². The smallest absolute Gasteiger partial charge is 0.335 e. The predicted molar refractivity (Wildman–Crippen MR) is 111 cm³/mol. The summed E-state index contributed by atoms with van der Waals surface area (Å²) in [6.07, 6.45) is 3.77. The molecule has 0 fully saturated rings. The van der Waals surface area contributed by atoms with Gasteiger partial charge in [0.1, 0.15) is 5.75 Å². The largest absolute Gasteiger partial charge is 0.494 e. The predicted octanol–water partition coefficient (Wildman–Crippen LogP) is 6.33. The number of rotatable bonds is 10. The van der Waals surface area contributed by atoms with Crippen molar-refractivity contribution < 1.29 is 14.6 Å². The molecule has 0 heterocycles. The van der Waals surface area contributed by atoms with Gasteiger partial charge in [0.2, 0.25) is 0 Å². The zero-order valence-electron chi connectivity index (χ0n) is 16.1.